The zero-order valence-electron chi connectivity index (χ0n) is 5.97. The van der Waals surface area contributed by atoms with Crippen LogP contribution in [-0.4, -0.2) is 23.3 Å². The molecular formula is C7H14ClNO. The first kappa shape index (κ1) is 8.31. The molecule has 3 heteroatoms. The molecule has 1 saturated heterocycles. The monoisotopic (exact) mass is 163 g/mol. The lowest BCUT2D eigenvalue weighted by molar-refractivity contribution is 0.250. The lowest BCUT2D eigenvalue weighted by Crippen LogP contribution is -2.32. The zero-order valence-corrected chi connectivity index (χ0v) is 6.78. The second-order valence-corrected chi connectivity index (χ2v) is 3.34. The fourth-order valence-electron chi connectivity index (χ4n) is 1.71. The van der Waals surface area contributed by atoms with Crippen molar-refractivity contribution in [1.29, 1.82) is 0 Å². The maximum absolute atomic E-state index is 8.76. The van der Waals surface area contributed by atoms with Gasteiger partial charge < -0.3 is 10.4 Å². The Kier molecular flexibility index (Phi) is 2.23. The maximum atomic E-state index is 8.76. The van der Waals surface area contributed by atoms with Gasteiger partial charge in [-0.3, -0.25) is 0 Å². The summed E-state index contributed by atoms with van der Waals surface area (Å²) < 4.78 is 0. The van der Waals surface area contributed by atoms with E-state index in [0.717, 1.165) is 0 Å². The van der Waals surface area contributed by atoms with Crippen LogP contribution in [0.3, 0.4) is 0 Å². The average molecular weight is 164 g/mol. The third-order valence-electron chi connectivity index (χ3n) is 2.56. The highest BCUT2D eigenvalue weighted by Crippen LogP contribution is 2.44. The lowest BCUT2D eigenvalue weighted by Gasteiger charge is -2.08. The molecule has 0 amide bonds. The molecule has 1 atom stereocenters. The van der Waals surface area contributed by atoms with E-state index >= 15 is 0 Å². The number of hydrogen-bond donors (Lipinski definition) is 2. The Bertz CT molecular complexity index is 125. The van der Waals surface area contributed by atoms with E-state index < -0.39 is 0 Å². The molecule has 0 aromatic carbocycles. The summed E-state index contributed by atoms with van der Waals surface area (Å²) in [5, 5.41) is 12.2. The Morgan fingerprint density at radius 3 is 2.40 bits per heavy atom. The molecular weight excluding hydrogens is 150 g/mol. The fourth-order valence-corrected chi connectivity index (χ4v) is 1.71. The zero-order chi connectivity index (χ0) is 6.32. The summed E-state index contributed by atoms with van der Waals surface area (Å²) >= 11 is 0. The molecule has 1 heterocycles. The van der Waals surface area contributed by atoms with Gasteiger partial charge in [0.25, 0.3) is 0 Å². The molecule has 10 heavy (non-hydrogen) atoms. The molecule has 60 valence electrons. The van der Waals surface area contributed by atoms with Crippen molar-refractivity contribution in [2.75, 3.05) is 6.61 Å². The number of aliphatic hydroxyl groups is 1. The molecule has 2 aliphatic rings. The Morgan fingerprint density at radius 1 is 1.40 bits per heavy atom. The van der Waals surface area contributed by atoms with Gasteiger partial charge in [0.2, 0.25) is 0 Å². The third-order valence-corrected chi connectivity index (χ3v) is 2.56. The summed E-state index contributed by atoms with van der Waals surface area (Å²) in [6, 6.07) is 0.410. The molecule has 2 N–H and O–H groups in total. The molecule has 1 saturated carbocycles. The Balaban J connectivity index is 0.000000500. The van der Waals surface area contributed by atoms with Crippen molar-refractivity contribution in [3.05, 3.63) is 0 Å². The number of aliphatic hydroxyl groups excluding tert-OH is 1. The summed E-state index contributed by atoms with van der Waals surface area (Å²) in [5.74, 6) is 0. The van der Waals surface area contributed by atoms with Crippen LogP contribution in [0.15, 0.2) is 0 Å². The van der Waals surface area contributed by atoms with E-state index in [0.29, 0.717) is 18.2 Å². The van der Waals surface area contributed by atoms with Crippen LogP contribution in [0.4, 0.5) is 0 Å². The topological polar surface area (TPSA) is 32.3 Å². The van der Waals surface area contributed by atoms with E-state index in [1.165, 1.54) is 25.7 Å². The Hall–Kier alpha value is 0.210. The highest BCUT2D eigenvalue weighted by Gasteiger charge is 2.47. The maximum Gasteiger partial charge on any atom is 0.0584 e. The molecule has 0 aromatic rings. The van der Waals surface area contributed by atoms with Crippen LogP contribution >= 0.6 is 12.4 Å². The second-order valence-electron chi connectivity index (χ2n) is 3.34. The van der Waals surface area contributed by atoms with Gasteiger partial charge in [0.1, 0.15) is 0 Å². The molecule has 1 aliphatic carbocycles. The van der Waals surface area contributed by atoms with E-state index in [1.54, 1.807) is 0 Å². The van der Waals surface area contributed by atoms with Crippen molar-refractivity contribution in [2.45, 2.75) is 37.3 Å². The smallest absolute Gasteiger partial charge is 0.0584 e. The van der Waals surface area contributed by atoms with Crippen LogP contribution in [0.2, 0.25) is 0 Å². The van der Waals surface area contributed by atoms with Crippen LogP contribution in [0.1, 0.15) is 25.7 Å². The van der Waals surface area contributed by atoms with Crippen molar-refractivity contribution >= 4 is 12.4 Å². The van der Waals surface area contributed by atoms with Gasteiger partial charge in [0, 0.05) is 11.6 Å². The van der Waals surface area contributed by atoms with Crippen molar-refractivity contribution in [3.8, 4) is 0 Å². The SMILES string of the molecule is Cl.OCC1CCC2(CC2)N1. The first-order chi connectivity index (χ1) is 4.35. The van der Waals surface area contributed by atoms with Gasteiger partial charge in [-0.25, -0.2) is 0 Å². The largest absolute Gasteiger partial charge is 0.395 e. The fraction of sp³-hybridized carbons (Fsp3) is 1.00. The van der Waals surface area contributed by atoms with E-state index in [1.807, 2.05) is 0 Å². The van der Waals surface area contributed by atoms with Gasteiger partial charge >= 0.3 is 0 Å². The number of hydrogen-bond acceptors (Lipinski definition) is 2. The number of rotatable bonds is 1. The van der Waals surface area contributed by atoms with Crippen LogP contribution < -0.4 is 5.32 Å². The van der Waals surface area contributed by atoms with Gasteiger partial charge in [0.05, 0.1) is 6.61 Å². The normalized spacial score (nSPS) is 33.9. The quantitative estimate of drug-likeness (QED) is 0.596. The Morgan fingerprint density at radius 2 is 2.10 bits per heavy atom. The van der Waals surface area contributed by atoms with Crippen LogP contribution in [0, 0.1) is 0 Å². The van der Waals surface area contributed by atoms with E-state index in [4.69, 9.17) is 5.11 Å². The van der Waals surface area contributed by atoms with E-state index in [2.05, 4.69) is 5.32 Å². The molecule has 1 unspecified atom stereocenters. The second kappa shape index (κ2) is 2.68. The molecule has 2 nitrogen and oxygen atoms in total. The van der Waals surface area contributed by atoms with Gasteiger partial charge in [0.15, 0.2) is 0 Å². The lowest BCUT2D eigenvalue weighted by atomic mass is 10.2. The van der Waals surface area contributed by atoms with Crippen molar-refractivity contribution in [2.24, 2.45) is 0 Å². The minimum atomic E-state index is 0. The average Bonchev–Trinajstić information content (AvgIpc) is 2.44. The van der Waals surface area contributed by atoms with E-state index in [-0.39, 0.29) is 12.4 Å². The number of halogens is 1. The van der Waals surface area contributed by atoms with Crippen molar-refractivity contribution < 1.29 is 5.11 Å². The molecule has 0 aromatic heterocycles. The molecule has 0 radical (unpaired) electrons. The van der Waals surface area contributed by atoms with Crippen molar-refractivity contribution in [3.63, 3.8) is 0 Å². The minimum absolute atomic E-state index is 0. The minimum Gasteiger partial charge on any atom is -0.395 e. The highest BCUT2D eigenvalue weighted by atomic mass is 35.5. The predicted molar refractivity (Wildman–Crippen MR) is 42.5 cm³/mol. The summed E-state index contributed by atoms with van der Waals surface area (Å²) in [6.45, 7) is 0.321. The van der Waals surface area contributed by atoms with E-state index in [9.17, 15) is 0 Å². The summed E-state index contributed by atoms with van der Waals surface area (Å²) in [6.07, 6.45) is 5.14. The third kappa shape index (κ3) is 1.29. The summed E-state index contributed by atoms with van der Waals surface area (Å²) in [5.41, 5.74) is 0.507. The standard InChI is InChI=1S/C7H13NO.ClH/c9-5-6-1-2-7(8-6)3-4-7;/h6,8-9H,1-5H2;1H. The van der Waals surface area contributed by atoms with Crippen LogP contribution in [0.5, 0.6) is 0 Å². The van der Waals surface area contributed by atoms with Gasteiger partial charge in [-0.2, -0.15) is 0 Å². The van der Waals surface area contributed by atoms with Crippen LogP contribution in [-0.2, 0) is 0 Å². The van der Waals surface area contributed by atoms with Gasteiger partial charge in [-0.1, -0.05) is 0 Å². The molecule has 0 bridgehead atoms. The summed E-state index contributed by atoms with van der Waals surface area (Å²) in [7, 11) is 0. The summed E-state index contributed by atoms with van der Waals surface area (Å²) in [4.78, 5) is 0. The number of nitrogens with one attached hydrogen (secondary N) is 1. The van der Waals surface area contributed by atoms with Crippen molar-refractivity contribution in [1.82, 2.24) is 5.32 Å². The van der Waals surface area contributed by atoms with Crippen LogP contribution in [0.25, 0.3) is 0 Å². The highest BCUT2D eigenvalue weighted by molar-refractivity contribution is 5.85. The Labute approximate surface area is 67.4 Å². The van der Waals surface area contributed by atoms with Gasteiger partial charge in [-0.05, 0) is 25.7 Å². The predicted octanol–water partition coefficient (Wildman–Crippen LogP) is 0.685. The molecule has 1 spiro atoms. The molecule has 1 aliphatic heterocycles. The first-order valence-electron chi connectivity index (χ1n) is 3.73. The first-order valence-corrected chi connectivity index (χ1v) is 3.73. The molecule has 2 fully saturated rings. The molecule has 2 rings (SSSR count). The van der Waals surface area contributed by atoms with Gasteiger partial charge in [-0.15, -0.1) is 12.4 Å².